The molecule has 0 saturated heterocycles. The summed E-state index contributed by atoms with van der Waals surface area (Å²) < 4.78 is 1.65. The molecule has 0 saturated carbocycles. The van der Waals surface area contributed by atoms with Crippen molar-refractivity contribution in [3.05, 3.63) is 28.8 Å². The minimum absolute atomic E-state index is 0.111. The molecule has 0 fully saturated rings. The first-order valence-corrected chi connectivity index (χ1v) is 9.28. The zero-order chi connectivity index (χ0) is 19.3. The van der Waals surface area contributed by atoms with Gasteiger partial charge in [-0.05, 0) is 55.8 Å². The maximum atomic E-state index is 12.0. The first kappa shape index (κ1) is 20.2. The molecule has 2 aromatic rings. The second kappa shape index (κ2) is 8.50. The number of carbonyl (C=O) groups excluding carboxylic acids is 2. The van der Waals surface area contributed by atoms with Gasteiger partial charge in [0.05, 0.1) is 17.8 Å². The molecule has 2 amide bonds. The Bertz CT molecular complexity index is 802. The predicted octanol–water partition coefficient (Wildman–Crippen LogP) is 2.24. The first-order valence-electron chi connectivity index (χ1n) is 7.92. The third-order valence-electron chi connectivity index (χ3n) is 3.40. The lowest BCUT2D eigenvalue weighted by molar-refractivity contribution is -0.122. The van der Waals surface area contributed by atoms with Crippen molar-refractivity contribution in [2.75, 3.05) is 17.6 Å². The fourth-order valence-electron chi connectivity index (χ4n) is 1.99. The number of hydrogen-bond donors (Lipinski definition) is 2. The molecule has 1 aromatic carbocycles. The third-order valence-corrected chi connectivity index (χ3v) is 4.73. The molecule has 140 valence electrons. The largest absolute Gasteiger partial charge is 0.346 e. The van der Waals surface area contributed by atoms with Gasteiger partial charge < -0.3 is 10.6 Å². The van der Waals surface area contributed by atoms with Crippen LogP contribution in [0.1, 0.15) is 26.3 Å². The molecule has 2 rings (SSSR count). The monoisotopic (exact) mass is 396 g/mol. The van der Waals surface area contributed by atoms with Crippen LogP contribution in [0.25, 0.3) is 0 Å². The van der Waals surface area contributed by atoms with Gasteiger partial charge in [0.2, 0.25) is 17.0 Å². The number of benzene rings is 1. The Labute approximate surface area is 161 Å². The molecule has 10 heteroatoms. The van der Waals surface area contributed by atoms with Crippen LogP contribution in [0.5, 0.6) is 0 Å². The second-order valence-electron chi connectivity index (χ2n) is 6.57. The normalized spacial score (nSPS) is 11.3. The van der Waals surface area contributed by atoms with Crippen LogP contribution < -0.4 is 10.6 Å². The Morgan fingerprint density at radius 2 is 2.00 bits per heavy atom. The van der Waals surface area contributed by atoms with Crippen LogP contribution in [-0.4, -0.2) is 44.3 Å². The Balaban J connectivity index is 1.81. The Kier molecular flexibility index (Phi) is 6.60. The van der Waals surface area contributed by atoms with E-state index in [9.17, 15) is 9.59 Å². The zero-order valence-electron chi connectivity index (χ0n) is 15.0. The number of amides is 2. The van der Waals surface area contributed by atoms with Crippen molar-refractivity contribution in [3.63, 3.8) is 0 Å². The van der Waals surface area contributed by atoms with E-state index in [2.05, 4.69) is 26.2 Å². The highest BCUT2D eigenvalue weighted by Gasteiger charge is 2.20. The number of anilines is 1. The molecule has 0 unspecified atom stereocenters. The van der Waals surface area contributed by atoms with Crippen molar-refractivity contribution in [2.45, 2.75) is 38.4 Å². The molecule has 0 bridgehead atoms. The maximum Gasteiger partial charge on any atom is 0.243 e. The second-order valence-corrected chi connectivity index (χ2v) is 7.92. The van der Waals surface area contributed by atoms with E-state index in [1.54, 1.807) is 22.9 Å². The van der Waals surface area contributed by atoms with Crippen LogP contribution in [-0.2, 0) is 15.1 Å². The van der Waals surface area contributed by atoms with Crippen LogP contribution in [0.2, 0.25) is 5.02 Å². The van der Waals surface area contributed by atoms with Gasteiger partial charge in [0.1, 0.15) is 0 Å². The van der Waals surface area contributed by atoms with Crippen molar-refractivity contribution in [1.29, 1.82) is 0 Å². The predicted molar refractivity (Wildman–Crippen MR) is 101 cm³/mol. The summed E-state index contributed by atoms with van der Waals surface area (Å²) in [7, 11) is 0. The molecule has 1 heterocycles. The Hall–Kier alpha value is -2.13. The van der Waals surface area contributed by atoms with Gasteiger partial charge in [-0.2, -0.15) is 0 Å². The molecule has 26 heavy (non-hydrogen) atoms. The van der Waals surface area contributed by atoms with Gasteiger partial charge in [-0.1, -0.05) is 29.4 Å². The number of rotatable bonds is 6. The molecule has 8 nitrogen and oxygen atoms in total. The van der Waals surface area contributed by atoms with Gasteiger partial charge >= 0.3 is 0 Å². The highest BCUT2D eigenvalue weighted by Crippen LogP contribution is 2.23. The highest BCUT2D eigenvalue weighted by molar-refractivity contribution is 7.99. The van der Waals surface area contributed by atoms with E-state index < -0.39 is 0 Å². The van der Waals surface area contributed by atoms with E-state index in [0.29, 0.717) is 15.9 Å². The van der Waals surface area contributed by atoms with Crippen molar-refractivity contribution in [1.82, 2.24) is 25.5 Å². The number of halogens is 1. The summed E-state index contributed by atoms with van der Waals surface area (Å²) in [5.41, 5.74) is 1.12. The molecule has 0 atom stereocenters. The summed E-state index contributed by atoms with van der Waals surface area (Å²) in [4.78, 5) is 24.0. The number of nitrogens with zero attached hydrogens (tertiary/aromatic N) is 4. The molecule has 0 aliphatic heterocycles. The van der Waals surface area contributed by atoms with Crippen LogP contribution in [0.4, 0.5) is 5.69 Å². The van der Waals surface area contributed by atoms with Gasteiger partial charge in [-0.15, -0.1) is 5.10 Å². The van der Waals surface area contributed by atoms with E-state index in [-0.39, 0.29) is 29.7 Å². The van der Waals surface area contributed by atoms with Gasteiger partial charge in [0.15, 0.2) is 0 Å². The molecule has 0 spiro atoms. The molecule has 2 N–H and O–H groups in total. The smallest absolute Gasteiger partial charge is 0.243 e. The van der Waals surface area contributed by atoms with E-state index in [0.717, 1.165) is 5.56 Å². The van der Waals surface area contributed by atoms with Crippen LogP contribution in [0.15, 0.2) is 23.4 Å². The van der Waals surface area contributed by atoms with Gasteiger partial charge in [-0.25, -0.2) is 4.68 Å². The van der Waals surface area contributed by atoms with Crippen molar-refractivity contribution >= 4 is 40.9 Å². The minimum Gasteiger partial charge on any atom is -0.346 e. The van der Waals surface area contributed by atoms with Crippen molar-refractivity contribution in [2.24, 2.45) is 0 Å². The van der Waals surface area contributed by atoms with Crippen LogP contribution >= 0.6 is 23.4 Å². The standard InChI is InChI=1S/C16H21ClN6O2S/c1-10-11(17)6-5-7-12(10)19-13(24)8-18-14(25)9-26-15-20-21-22-23(15)16(2,3)4/h5-7H,8-9H2,1-4H3,(H,18,25)(H,19,24). The van der Waals surface area contributed by atoms with Crippen LogP contribution in [0, 0.1) is 6.92 Å². The SMILES string of the molecule is Cc1c(Cl)cccc1NC(=O)CNC(=O)CSc1nnnn1C(C)(C)C. The van der Waals surface area contributed by atoms with Crippen molar-refractivity contribution in [3.8, 4) is 0 Å². The Morgan fingerprint density at radius 3 is 2.69 bits per heavy atom. The molecular weight excluding hydrogens is 376 g/mol. The number of nitrogens with one attached hydrogen (secondary N) is 2. The van der Waals surface area contributed by atoms with Crippen LogP contribution in [0.3, 0.4) is 0 Å². The summed E-state index contributed by atoms with van der Waals surface area (Å²) in [6.45, 7) is 7.59. The first-order chi connectivity index (χ1) is 12.2. The Morgan fingerprint density at radius 1 is 1.27 bits per heavy atom. The summed E-state index contributed by atoms with van der Waals surface area (Å²) in [5.74, 6) is -0.496. The maximum absolute atomic E-state index is 12.0. The lowest BCUT2D eigenvalue weighted by atomic mass is 10.1. The summed E-state index contributed by atoms with van der Waals surface area (Å²) in [6.07, 6.45) is 0. The van der Waals surface area contributed by atoms with E-state index in [4.69, 9.17) is 11.6 Å². The number of tetrazole rings is 1. The highest BCUT2D eigenvalue weighted by atomic mass is 35.5. The average molecular weight is 397 g/mol. The molecule has 1 aromatic heterocycles. The molecule has 0 aliphatic carbocycles. The lowest BCUT2D eigenvalue weighted by Crippen LogP contribution is -2.34. The van der Waals surface area contributed by atoms with Gasteiger partial charge in [0, 0.05) is 10.7 Å². The van der Waals surface area contributed by atoms with Gasteiger partial charge in [-0.3, -0.25) is 9.59 Å². The molecular formula is C16H21ClN6O2S. The minimum atomic E-state index is -0.326. The topological polar surface area (TPSA) is 102 Å². The summed E-state index contributed by atoms with van der Waals surface area (Å²) in [6, 6.07) is 5.25. The number of aromatic nitrogens is 4. The van der Waals surface area contributed by atoms with Crippen molar-refractivity contribution < 1.29 is 9.59 Å². The third kappa shape index (κ3) is 5.43. The summed E-state index contributed by atoms with van der Waals surface area (Å²) in [5, 5.41) is 17.9. The average Bonchev–Trinajstić information content (AvgIpc) is 3.04. The zero-order valence-corrected chi connectivity index (χ0v) is 16.6. The molecule has 0 aliphatic rings. The number of hydrogen-bond acceptors (Lipinski definition) is 6. The van der Waals surface area contributed by atoms with E-state index in [1.807, 2.05) is 27.7 Å². The quantitative estimate of drug-likeness (QED) is 0.726. The fourth-order valence-corrected chi connectivity index (χ4v) is 3.05. The molecule has 0 radical (unpaired) electrons. The van der Waals surface area contributed by atoms with E-state index in [1.165, 1.54) is 11.8 Å². The summed E-state index contributed by atoms with van der Waals surface area (Å²) >= 11 is 7.23. The van der Waals surface area contributed by atoms with Gasteiger partial charge in [0.25, 0.3) is 0 Å². The fraction of sp³-hybridized carbons (Fsp3) is 0.438. The van der Waals surface area contributed by atoms with E-state index >= 15 is 0 Å². The number of carbonyl (C=O) groups is 2. The number of thioether (sulfide) groups is 1. The lowest BCUT2D eigenvalue weighted by Gasteiger charge is -2.19.